The molecule has 104 valence electrons. The Morgan fingerprint density at radius 2 is 2.21 bits per heavy atom. The minimum Gasteiger partial charge on any atom is -0.360 e. The lowest BCUT2D eigenvalue weighted by Gasteiger charge is -2.01. The van der Waals surface area contributed by atoms with Crippen LogP contribution in [0.3, 0.4) is 0 Å². The van der Waals surface area contributed by atoms with E-state index in [9.17, 15) is 8.42 Å². The first-order chi connectivity index (χ1) is 8.92. The number of hydrogen-bond acceptors (Lipinski definition) is 5. The molecule has 19 heavy (non-hydrogen) atoms. The van der Waals surface area contributed by atoms with Crippen LogP contribution in [0.4, 0.5) is 0 Å². The molecule has 2 heterocycles. The molecule has 2 rings (SSSR count). The summed E-state index contributed by atoms with van der Waals surface area (Å²) in [4.78, 5) is 0.187. The van der Waals surface area contributed by atoms with E-state index < -0.39 is 10.0 Å². The van der Waals surface area contributed by atoms with Gasteiger partial charge in [-0.15, -0.1) is 0 Å². The van der Waals surface area contributed by atoms with Crippen molar-refractivity contribution in [1.82, 2.24) is 14.4 Å². The smallest absolute Gasteiger partial charge is 0.242 e. The second-order valence-corrected chi connectivity index (χ2v) is 6.01. The zero-order valence-electron chi connectivity index (χ0n) is 10.8. The molecule has 2 aromatic heterocycles. The number of nitrogens with zero attached hydrogens (tertiary/aromatic N) is 2. The van der Waals surface area contributed by atoms with Crippen LogP contribution in [-0.2, 0) is 30.2 Å². The average Bonchev–Trinajstić information content (AvgIpc) is 2.93. The van der Waals surface area contributed by atoms with E-state index in [1.54, 1.807) is 30.7 Å². The number of nitrogens with two attached hydrogens (primary N) is 1. The molecule has 0 amide bonds. The average molecular weight is 284 g/mol. The first-order valence-corrected chi connectivity index (χ1v) is 7.18. The van der Waals surface area contributed by atoms with Crippen molar-refractivity contribution in [1.29, 1.82) is 0 Å². The van der Waals surface area contributed by atoms with Crippen molar-refractivity contribution in [3.8, 4) is 0 Å². The quantitative estimate of drug-likeness (QED) is 0.819. The van der Waals surface area contributed by atoms with Gasteiger partial charge in [0.1, 0.15) is 0 Å². The monoisotopic (exact) mass is 284 g/mol. The maximum Gasteiger partial charge on any atom is 0.242 e. The fraction of sp³-hybridized carbons (Fsp3) is 0.364. The van der Waals surface area contributed by atoms with Crippen molar-refractivity contribution < 1.29 is 12.9 Å². The van der Waals surface area contributed by atoms with Crippen molar-refractivity contribution in [3.63, 3.8) is 0 Å². The molecule has 0 atom stereocenters. The van der Waals surface area contributed by atoms with Gasteiger partial charge in [0.05, 0.1) is 17.1 Å². The summed E-state index contributed by atoms with van der Waals surface area (Å²) in [6.45, 7) is 2.12. The number of hydrogen-bond donors (Lipinski definition) is 2. The number of rotatable bonds is 5. The second kappa shape index (κ2) is 5.16. The molecule has 0 spiro atoms. The topological polar surface area (TPSA) is 103 Å². The van der Waals surface area contributed by atoms with E-state index in [1.807, 2.05) is 0 Å². The Kier molecular flexibility index (Phi) is 3.74. The number of nitrogens with one attached hydrogen (secondary N) is 1. The Labute approximate surface area is 111 Å². The maximum atomic E-state index is 12.1. The van der Waals surface area contributed by atoms with Gasteiger partial charge in [-0.25, -0.2) is 13.1 Å². The van der Waals surface area contributed by atoms with Crippen molar-refractivity contribution >= 4 is 10.0 Å². The zero-order valence-corrected chi connectivity index (χ0v) is 11.6. The Balaban J connectivity index is 2.13. The van der Waals surface area contributed by atoms with E-state index in [0.717, 1.165) is 5.69 Å². The van der Waals surface area contributed by atoms with Crippen LogP contribution in [0, 0.1) is 6.92 Å². The largest absolute Gasteiger partial charge is 0.360 e. The maximum absolute atomic E-state index is 12.1. The van der Waals surface area contributed by atoms with Gasteiger partial charge in [-0.3, -0.25) is 0 Å². The number of sulfonamides is 1. The molecule has 0 radical (unpaired) electrons. The first kappa shape index (κ1) is 13.8. The highest BCUT2D eigenvalue weighted by atomic mass is 32.2. The van der Waals surface area contributed by atoms with Crippen LogP contribution >= 0.6 is 0 Å². The van der Waals surface area contributed by atoms with Crippen molar-refractivity contribution in [2.24, 2.45) is 12.8 Å². The molecule has 0 fully saturated rings. The SMILES string of the molecule is Cc1cc(CNS(=O)(=O)c2cc(CN)n(C)c2)on1. The van der Waals surface area contributed by atoms with Gasteiger partial charge in [-0.2, -0.15) is 0 Å². The second-order valence-electron chi connectivity index (χ2n) is 4.24. The van der Waals surface area contributed by atoms with Crippen molar-refractivity contribution in [2.45, 2.75) is 24.9 Å². The molecule has 0 aromatic carbocycles. The van der Waals surface area contributed by atoms with Gasteiger partial charge in [-0.05, 0) is 13.0 Å². The van der Waals surface area contributed by atoms with Crippen LogP contribution in [0.1, 0.15) is 17.1 Å². The number of aromatic nitrogens is 2. The summed E-state index contributed by atoms with van der Waals surface area (Å²) in [7, 11) is -1.82. The number of aryl methyl sites for hydroxylation is 2. The van der Waals surface area contributed by atoms with Crippen LogP contribution in [-0.4, -0.2) is 18.1 Å². The third kappa shape index (κ3) is 3.03. The Morgan fingerprint density at radius 3 is 2.74 bits per heavy atom. The van der Waals surface area contributed by atoms with E-state index >= 15 is 0 Å². The van der Waals surface area contributed by atoms with Crippen LogP contribution in [0.25, 0.3) is 0 Å². The molecule has 3 N–H and O–H groups in total. The highest BCUT2D eigenvalue weighted by molar-refractivity contribution is 7.89. The lowest BCUT2D eigenvalue weighted by atomic mass is 10.4. The fourth-order valence-corrected chi connectivity index (χ4v) is 2.76. The molecule has 7 nitrogen and oxygen atoms in total. The third-order valence-electron chi connectivity index (χ3n) is 2.72. The van der Waals surface area contributed by atoms with Crippen molar-refractivity contribution in [2.75, 3.05) is 0 Å². The van der Waals surface area contributed by atoms with E-state index in [2.05, 4.69) is 9.88 Å². The summed E-state index contributed by atoms with van der Waals surface area (Å²) in [5, 5.41) is 3.69. The minimum atomic E-state index is -3.58. The molecule has 0 aliphatic rings. The van der Waals surface area contributed by atoms with E-state index in [4.69, 9.17) is 10.3 Å². The van der Waals surface area contributed by atoms with Gasteiger partial charge in [-0.1, -0.05) is 5.16 Å². The third-order valence-corrected chi connectivity index (χ3v) is 4.08. The van der Waals surface area contributed by atoms with Crippen LogP contribution in [0.5, 0.6) is 0 Å². The van der Waals surface area contributed by atoms with E-state index in [-0.39, 0.29) is 18.0 Å². The first-order valence-electron chi connectivity index (χ1n) is 5.69. The Hall–Kier alpha value is -1.64. The summed E-state index contributed by atoms with van der Waals surface area (Å²) < 4.78 is 33.2. The van der Waals surface area contributed by atoms with Crippen LogP contribution in [0.2, 0.25) is 0 Å². The predicted octanol–water partition coefficient (Wildman–Crippen LogP) is 0.259. The summed E-state index contributed by atoms with van der Waals surface area (Å²) in [6.07, 6.45) is 1.52. The molecule has 8 heteroatoms. The van der Waals surface area contributed by atoms with E-state index in [1.165, 1.54) is 6.20 Å². The molecular weight excluding hydrogens is 268 g/mol. The molecule has 0 aliphatic carbocycles. The normalized spacial score (nSPS) is 11.9. The Bertz CT molecular complexity index is 672. The highest BCUT2D eigenvalue weighted by Crippen LogP contribution is 2.13. The fourth-order valence-electron chi connectivity index (χ4n) is 1.68. The molecule has 0 unspecified atom stereocenters. The molecule has 0 saturated carbocycles. The minimum absolute atomic E-state index is 0.0655. The van der Waals surface area contributed by atoms with Gasteiger partial charge in [0, 0.05) is 31.5 Å². The lowest BCUT2D eigenvalue weighted by molar-refractivity contribution is 0.377. The molecule has 0 saturated heterocycles. The Morgan fingerprint density at radius 1 is 1.47 bits per heavy atom. The molecule has 2 aromatic rings. The molecule has 0 aliphatic heterocycles. The molecular formula is C11H16N4O3S. The van der Waals surface area contributed by atoms with Gasteiger partial charge < -0.3 is 14.8 Å². The van der Waals surface area contributed by atoms with Crippen LogP contribution < -0.4 is 10.5 Å². The lowest BCUT2D eigenvalue weighted by Crippen LogP contribution is -2.22. The van der Waals surface area contributed by atoms with Crippen LogP contribution in [0.15, 0.2) is 27.7 Å². The van der Waals surface area contributed by atoms with Gasteiger partial charge in [0.25, 0.3) is 0 Å². The predicted molar refractivity (Wildman–Crippen MR) is 68.6 cm³/mol. The summed E-state index contributed by atoms with van der Waals surface area (Å²) in [6, 6.07) is 3.23. The summed E-state index contributed by atoms with van der Waals surface area (Å²) in [5.74, 6) is 0.469. The van der Waals surface area contributed by atoms with Gasteiger partial charge in [0.15, 0.2) is 5.76 Å². The zero-order chi connectivity index (χ0) is 14.0. The van der Waals surface area contributed by atoms with Crippen molar-refractivity contribution in [3.05, 3.63) is 35.5 Å². The van der Waals surface area contributed by atoms with Gasteiger partial charge in [0.2, 0.25) is 10.0 Å². The van der Waals surface area contributed by atoms with E-state index in [0.29, 0.717) is 11.5 Å². The summed E-state index contributed by atoms with van der Waals surface area (Å²) >= 11 is 0. The highest BCUT2D eigenvalue weighted by Gasteiger charge is 2.17. The standard InChI is InChI=1S/C11H16N4O3S/c1-8-3-10(18-14-8)6-13-19(16,17)11-4-9(5-12)15(2)7-11/h3-4,7,13H,5-6,12H2,1-2H3. The van der Waals surface area contributed by atoms with Gasteiger partial charge >= 0.3 is 0 Å². The molecule has 0 bridgehead atoms. The summed E-state index contributed by atoms with van der Waals surface area (Å²) in [5.41, 5.74) is 6.97.